The van der Waals surface area contributed by atoms with E-state index in [1.807, 2.05) is 17.5 Å². The molecule has 2 aliphatic rings. The van der Waals surface area contributed by atoms with Crippen LogP contribution in [0.15, 0.2) is 17.5 Å². The monoisotopic (exact) mass is 336 g/mol. The molecule has 2 fully saturated rings. The summed E-state index contributed by atoms with van der Waals surface area (Å²) in [4.78, 5) is 27.7. The zero-order valence-electron chi connectivity index (χ0n) is 13.5. The number of ether oxygens (including phenoxy) is 1. The van der Waals surface area contributed by atoms with Crippen LogP contribution in [-0.2, 0) is 20.9 Å². The topological polar surface area (TPSA) is 58.6 Å². The number of thiophene rings is 1. The van der Waals surface area contributed by atoms with Crippen LogP contribution in [-0.4, -0.2) is 42.0 Å². The Morgan fingerprint density at radius 2 is 2.26 bits per heavy atom. The van der Waals surface area contributed by atoms with E-state index in [4.69, 9.17) is 4.74 Å². The van der Waals surface area contributed by atoms with Gasteiger partial charge in [-0.25, -0.2) is 0 Å². The number of amides is 2. The van der Waals surface area contributed by atoms with Crippen LogP contribution >= 0.6 is 11.3 Å². The Labute approximate surface area is 141 Å². The molecule has 6 heteroatoms. The molecule has 3 rings (SSSR count). The van der Waals surface area contributed by atoms with Gasteiger partial charge in [0.05, 0.1) is 13.2 Å². The van der Waals surface area contributed by atoms with Crippen molar-refractivity contribution in [2.75, 3.05) is 13.2 Å². The van der Waals surface area contributed by atoms with E-state index >= 15 is 0 Å². The van der Waals surface area contributed by atoms with Gasteiger partial charge in [0.1, 0.15) is 12.6 Å². The van der Waals surface area contributed by atoms with Gasteiger partial charge in [-0.3, -0.25) is 9.59 Å². The Morgan fingerprint density at radius 1 is 1.43 bits per heavy atom. The summed E-state index contributed by atoms with van der Waals surface area (Å²) in [5.74, 6) is 0.313. The van der Waals surface area contributed by atoms with Crippen molar-refractivity contribution in [2.45, 2.75) is 51.2 Å². The summed E-state index contributed by atoms with van der Waals surface area (Å²) in [7, 11) is 0. The van der Waals surface area contributed by atoms with E-state index in [0.29, 0.717) is 12.5 Å². The van der Waals surface area contributed by atoms with Crippen molar-refractivity contribution in [1.29, 1.82) is 0 Å². The lowest BCUT2D eigenvalue weighted by atomic mass is 9.86. The van der Waals surface area contributed by atoms with Gasteiger partial charge in [-0.1, -0.05) is 25.8 Å². The number of carbonyl (C=O) groups excluding carboxylic acids is 2. The van der Waals surface area contributed by atoms with E-state index in [9.17, 15) is 9.59 Å². The lowest BCUT2D eigenvalue weighted by molar-refractivity contribution is -0.156. The molecular weight excluding hydrogens is 312 g/mol. The van der Waals surface area contributed by atoms with E-state index in [1.165, 1.54) is 6.42 Å². The summed E-state index contributed by atoms with van der Waals surface area (Å²) in [6.45, 7) is 3.02. The molecule has 23 heavy (non-hydrogen) atoms. The normalized spacial score (nSPS) is 28.7. The molecule has 0 bridgehead atoms. The average molecular weight is 336 g/mol. The summed E-state index contributed by atoms with van der Waals surface area (Å²) in [5.41, 5.74) is 0. The minimum absolute atomic E-state index is 0.0645. The van der Waals surface area contributed by atoms with Gasteiger partial charge in [0.2, 0.25) is 11.8 Å². The standard InChI is InChI=1S/C17H24N2O3S/c1-12-5-2-3-7-14(12)18-17(21)15-10-22-11-16(20)19(15)9-13-6-4-8-23-13/h4,6,8,12,14-15H,2-3,5,7,9-11H2,1H3,(H,18,21)/t12-,14+,15-/m1/s1. The number of carbonyl (C=O) groups is 2. The molecule has 1 aromatic rings. The van der Waals surface area contributed by atoms with Crippen molar-refractivity contribution in [3.8, 4) is 0 Å². The van der Waals surface area contributed by atoms with Crippen LogP contribution in [0.2, 0.25) is 0 Å². The van der Waals surface area contributed by atoms with Gasteiger partial charge < -0.3 is 15.0 Å². The maximum absolute atomic E-state index is 12.7. The third kappa shape index (κ3) is 3.93. The minimum atomic E-state index is -0.521. The molecule has 1 aliphatic carbocycles. The molecule has 0 radical (unpaired) electrons. The lowest BCUT2D eigenvalue weighted by Crippen LogP contribution is -2.58. The first-order chi connectivity index (χ1) is 11.1. The Hall–Kier alpha value is -1.40. The Bertz CT molecular complexity index is 546. The quantitative estimate of drug-likeness (QED) is 0.917. The van der Waals surface area contributed by atoms with Crippen LogP contribution < -0.4 is 5.32 Å². The summed E-state index contributed by atoms with van der Waals surface area (Å²) in [5, 5.41) is 5.14. The van der Waals surface area contributed by atoms with E-state index in [1.54, 1.807) is 16.2 Å². The summed E-state index contributed by atoms with van der Waals surface area (Å²) >= 11 is 1.60. The van der Waals surface area contributed by atoms with E-state index < -0.39 is 6.04 Å². The van der Waals surface area contributed by atoms with Crippen LogP contribution in [0.1, 0.15) is 37.5 Å². The van der Waals surface area contributed by atoms with E-state index in [0.717, 1.165) is 24.1 Å². The van der Waals surface area contributed by atoms with Crippen molar-refractivity contribution < 1.29 is 14.3 Å². The van der Waals surface area contributed by atoms with Crippen molar-refractivity contribution >= 4 is 23.2 Å². The molecule has 1 aliphatic heterocycles. The van der Waals surface area contributed by atoms with Crippen molar-refractivity contribution in [3.05, 3.63) is 22.4 Å². The zero-order chi connectivity index (χ0) is 16.2. The molecule has 1 saturated heterocycles. The Morgan fingerprint density at radius 3 is 3.00 bits per heavy atom. The second-order valence-corrected chi connectivity index (χ2v) is 7.54. The molecule has 1 N–H and O–H groups in total. The van der Waals surface area contributed by atoms with Crippen LogP contribution in [0.25, 0.3) is 0 Å². The number of hydrogen-bond acceptors (Lipinski definition) is 4. The number of morpholine rings is 1. The van der Waals surface area contributed by atoms with Gasteiger partial charge in [0.25, 0.3) is 0 Å². The third-order valence-electron chi connectivity index (χ3n) is 4.85. The maximum Gasteiger partial charge on any atom is 0.249 e. The predicted octanol–water partition coefficient (Wildman–Crippen LogP) is 2.17. The molecule has 0 aromatic carbocycles. The van der Waals surface area contributed by atoms with E-state index in [-0.39, 0.29) is 31.1 Å². The van der Waals surface area contributed by atoms with Crippen LogP contribution in [0.4, 0.5) is 0 Å². The SMILES string of the molecule is C[C@@H]1CCCC[C@@H]1NC(=O)[C@H]1COCC(=O)N1Cc1cccs1. The number of nitrogens with one attached hydrogen (secondary N) is 1. The van der Waals surface area contributed by atoms with Gasteiger partial charge >= 0.3 is 0 Å². The molecule has 2 heterocycles. The average Bonchev–Trinajstić information content (AvgIpc) is 3.04. The first-order valence-corrected chi connectivity index (χ1v) is 9.23. The van der Waals surface area contributed by atoms with Crippen molar-refractivity contribution in [1.82, 2.24) is 10.2 Å². The highest BCUT2D eigenvalue weighted by Gasteiger charge is 2.35. The molecule has 5 nitrogen and oxygen atoms in total. The first kappa shape index (κ1) is 16.5. The largest absolute Gasteiger partial charge is 0.369 e. The second kappa shape index (κ2) is 7.45. The van der Waals surface area contributed by atoms with Crippen molar-refractivity contribution in [2.24, 2.45) is 5.92 Å². The minimum Gasteiger partial charge on any atom is -0.369 e. The van der Waals surface area contributed by atoms with Gasteiger partial charge in [0, 0.05) is 10.9 Å². The smallest absolute Gasteiger partial charge is 0.249 e. The highest BCUT2D eigenvalue weighted by molar-refractivity contribution is 7.09. The third-order valence-corrected chi connectivity index (χ3v) is 5.71. The Balaban J connectivity index is 1.67. The lowest BCUT2D eigenvalue weighted by Gasteiger charge is -2.36. The van der Waals surface area contributed by atoms with Gasteiger partial charge in [0.15, 0.2) is 0 Å². The fourth-order valence-corrected chi connectivity index (χ4v) is 4.10. The van der Waals surface area contributed by atoms with Crippen LogP contribution in [0, 0.1) is 5.92 Å². The van der Waals surface area contributed by atoms with Gasteiger partial charge in [-0.05, 0) is 30.2 Å². The van der Waals surface area contributed by atoms with Crippen LogP contribution in [0.5, 0.6) is 0 Å². The van der Waals surface area contributed by atoms with E-state index in [2.05, 4.69) is 12.2 Å². The van der Waals surface area contributed by atoms with Gasteiger partial charge in [-0.15, -0.1) is 11.3 Å². The molecule has 3 atom stereocenters. The fourth-order valence-electron chi connectivity index (χ4n) is 3.40. The first-order valence-electron chi connectivity index (χ1n) is 8.35. The second-order valence-electron chi connectivity index (χ2n) is 6.51. The van der Waals surface area contributed by atoms with Crippen LogP contribution in [0.3, 0.4) is 0 Å². The Kier molecular flexibility index (Phi) is 5.33. The molecular formula is C17H24N2O3S. The maximum atomic E-state index is 12.7. The number of nitrogens with zero attached hydrogens (tertiary/aromatic N) is 1. The highest BCUT2D eigenvalue weighted by Crippen LogP contribution is 2.24. The summed E-state index contributed by atoms with van der Waals surface area (Å²) in [6.07, 6.45) is 4.58. The number of rotatable bonds is 4. The molecule has 0 unspecified atom stereocenters. The predicted molar refractivity (Wildman–Crippen MR) is 89.0 cm³/mol. The highest BCUT2D eigenvalue weighted by atomic mass is 32.1. The van der Waals surface area contributed by atoms with Gasteiger partial charge in [-0.2, -0.15) is 0 Å². The molecule has 0 spiro atoms. The van der Waals surface area contributed by atoms with Crippen molar-refractivity contribution in [3.63, 3.8) is 0 Å². The molecule has 1 saturated carbocycles. The summed E-state index contributed by atoms with van der Waals surface area (Å²) in [6, 6.07) is 3.65. The molecule has 2 amide bonds. The molecule has 126 valence electrons. The summed E-state index contributed by atoms with van der Waals surface area (Å²) < 4.78 is 5.33. The number of hydrogen-bond donors (Lipinski definition) is 1. The fraction of sp³-hybridized carbons (Fsp3) is 0.647. The zero-order valence-corrected chi connectivity index (χ0v) is 14.3. The molecule has 1 aromatic heterocycles.